The molecule has 0 amide bonds. The van der Waals surface area contributed by atoms with Crippen molar-refractivity contribution in [2.75, 3.05) is 26.1 Å². The topological polar surface area (TPSA) is 73.6 Å². The van der Waals surface area contributed by atoms with E-state index in [-0.39, 0.29) is 11.7 Å². The molecule has 3 rings (SSSR count). The highest BCUT2D eigenvalue weighted by Gasteiger charge is 2.19. The normalized spacial score (nSPS) is 12.2. The van der Waals surface area contributed by atoms with Crippen molar-refractivity contribution in [3.8, 4) is 0 Å². The Labute approximate surface area is 159 Å². The summed E-state index contributed by atoms with van der Waals surface area (Å²) in [6.07, 6.45) is 0. The molecule has 3 aromatic rings. The van der Waals surface area contributed by atoms with Gasteiger partial charge in [0, 0.05) is 22.7 Å². The first-order chi connectivity index (χ1) is 12.5. The molecule has 1 aromatic carbocycles. The van der Waals surface area contributed by atoms with E-state index < -0.39 is 5.97 Å². The Morgan fingerprint density at radius 1 is 1.27 bits per heavy atom. The van der Waals surface area contributed by atoms with Crippen LogP contribution in [-0.2, 0) is 9.47 Å². The third kappa shape index (κ3) is 3.89. The maximum absolute atomic E-state index is 12.0. The number of aryl methyl sites for hydroxylation is 1. The van der Waals surface area contributed by atoms with Gasteiger partial charge in [0.15, 0.2) is 5.69 Å². The van der Waals surface area contributed by atoms with Crippen LogP contribution in [0.15, 0.2) is 45.3 Å². The fourth-order valence-electron chi connectivity index (χ4n) is 2.72. The zero-order chi connectivity index (χ0) is 18.7. The standard InChI is InChI=1S/C19H19BrN2O4/c1-11-4-7-18(26-11)17(10-24-2)22-15-9-16(19(23)25-3)21-14-6-5-12(20)8-13(14)15/h4-9,17H,10H2,1-3H3,(H,21,22). The van der Waals surface area contributed by atoms with Gasteiger partial charge in [-0.25, -0.2) is 9.78 Å². The number of carbonyl (C=O) groups excluding carboxylic acids is 1. The van der Waals surface area contributed by atoms with Crippen LogP contribution in [0.1, 0.15) is 28.1 Å². The van der Waals surface area contributed by atoms with Gasteiger partial charge in [-0.15, -0.1) is 0 Å². The summed E-state index contributed by atoms with van der Waals surface area (Å²) in [7, 11) is 2.97. The van der Waals surface area contributed by atoms with Crippen LogP contribution in [-0.4, -0.2) is 31.8 Å². The van der Waals surface area contributed by atoms with Gasteiger partial charge in [-0.1, -0.05) is 15.9 Å². The Morgan fingerprint density at radius 3 is 2.73 bits per heavy atom. The van der Waals surface area contributed by atoms with Crippen LogP contribution in [0.3, 0.4) is 0 Å². The summed E-state index contributed by atoms with van der Waals surface area (Å²) in [6, 6.07) is 10.9. The zero-order valence-electron chi connectivity index (χ0n) is 14.7. The van der Waals surface area contributed by atoms with Crippen molar-refractivity contribution < 1.29 is 18.7 Å². The number of hydrogen-bond acceptors (Lipinski definition) is 6. The fraction of sp³-hybridized carbons (Fsp3) is 0.263. The van der Waals surface area contributed by atoms with Crippen molar-refractivity contribution in [3.05, 3.63) is 58.1 Å². The number of nitrogens with zero attached hydrogens (tertiary/aromatic N) is 1. The lowest BCUT2D eigenvalue weighted by Gasteiger charge is -2.19. The maximum Gasteiger partial charge on any atom is 0.356 e. The second-order valence-corrected chi connectivity index (χ2v) is 6.72. The van der Waals surface area contributed by atoms with Crippen LogP contribution in [0, 0.1) is 6.92 Å². The summed E-state index contributed by atoms with van der Waals surface area (Å²) in [5.74, 6) is 1.08. The number of nitrogens with one attached hydrogen (secondary N) is 1. The molecule has 2 aromatic heterocycles. The molecule has 7 heteroatoms. The van der Waals surface area contributed by atoms with Crippen molar-refractivity contribution in [1.82, 2.24) is 4.98 Å². The predicted octanol–water partition coefficient (Wildman–Crippen LogP) is 4.48. The van der Waals surface area contributed by atoms with Gasteiger partial charge in [-0.05, 0) is 43.3 Å². The van der Waals surface area contributed by atoms with E-state index >= 15 is 0 Å². The Bertz CT molecular complexity index is 938. The zero-order valence-corrected chi connectivity index (χ0v) is 16.3. The van der Waals surface area contributed by atoms with Gasteiger partial charge in [-0.3, -0.25) is 0 Å². The summed E-state index contributed by atoms with van der Waals surface area (Å²) < 4.78 is 16.8. The van der Waals surface area contributed by atoms with Gasteiger partial charge >= 0.3 is 5.97 Å². The minimum atomic E-state index is -0.491. The van der Waals surface area contributed by atoms with Crippen LogP contribution in [0.4, 0.5) is 5.69 Å². The number of aromatic nitrogens is 1. The van der Waals surface area contributed by atoms with E-state index in [9.17, 15) is 4.79 Å². The monoisotopic (exact) mass is 418 g/mol. The van der Waals surface area contributed by atoms with E-state index in [1.165, 1.54) is 7.11 Å². The number of furan rings is 1. The van der Waals surface area contributed by atoms with Crippen LogP contribution in [0.2, 0.25) is 0 Å². The van der Waals surface area contributed by atoms with Gasteiger partial charge in [0.05, 0.1) is 19.2 Å². The molecule has 26 heavy (non-hydrogen) atoms. The number of ether oxygens (including phenoxy) is 2. The third-order valence-corrected chi connectivity index (χ3v) is 4.43. The van der Waals surface area contributed by atoms with Crippen LogP contribution < -0.4 is 5.32 Å². The molecular weight excluding hydrogens is 400 g/mol. The summed E-state index contributed by atoms with van der Waals surface area (Å²) in [5, 5.41) is 4.28. The molecule has 6 nitrogen and oxygen atoms in total. The summed E-state index contributed by atoms with van der Waals surface area (Å²) >= 11 is 3.48. The Morgan fingerprint density at radius 2 is 2.08 bits per heavy atom. The number of methoxy groups -OCH3 is 2. The van der Waals surface area contributed by atoms with Crippen molar-refractivity contribution >= 4 is 38.5 Å². The van der Waals surface area contributed by atoms with Crippen molar-refractivity contribution in [2.45, 2.75) is 13.0 Å². The summed E-state index contributed by atoms with van der Waals surface area (Å²) in [6.45, 7) is 2.29. The number of anilines is 1. The van der Waals surface area contributed by atoms with Gasteiger partial charge in [0.25, 0.3) is 0 Å². The van der Waals surface area contributed by atoms with Gasteiger partial charge in [-0.2, -0.15) is 0 Å². The molecule has 1 unspecified atom stereocenters. The first kappa shape index (κ1) is 18.4. The van der Waals surface area contributed by atoms with E-state index in [0.29, 0.717) is 12.1 Å². The SMILES string of the molecule is COCC(Nc1cc(C(=O)OC)nc2ccc(Br)cc12)c1ccc(C)o1. The van der Waals surface area contributed by atoms with Crippen LogP contribution in [0.25, 0.3) is 10.9 Å². The average Bonchev–Trinajstić information content (AvgIpc) is 3.07. The lowest BCUT2D eigenvalue weighted by Crippen LogP contribution is -2.17. The largest absolute Gasteiger partial charge is 0.464 e. The molecule has 0 spiro atoms. The highest BCUT2D eigenvalue weighted by atomic mass is 79.9. The molecular formula is C19H19BrN2O4. The number of rotatable bonds is 6. The number of fused-ring (bicyclic) bond motifs is 1. The van der Waals surface area contributed by atoms with E-state index in [1.807, 2.05) is 37.3 Å². The second-order valence-electron chi connectivity index (χ2n) is 5.81. The smallest absolute Gasteiger partial charge is 0.356 e. The average molecular weight is 419 g/mol. The molecule has 0 fully saturated rings. The minimum absolute atomic E-state index is 0.219. The number of pyridine rings is 1. The first-order valence-electron chi connectivity index (χ1n) is 8.02. The number of benzene rings is 1. The molecule has 0 aliphatic heterocycles. The van der Waals surface area contributed by atoms with E-state index in [0.717, 1.165) is 27.1 Å². The number of esters is 1. The summed E-state index contributed by atoms with van der Waals surface area (Å²) in [5.41, 5.74) is 1.66. The van der Waals surface area contributed by atoms with Crippen LogP contribution >= 0.6 is 15.9 Å². The molecule has 0 aliphatic carbocycles. The second kappa shape index (κ2) is 7.88. The predicted molar refractivity (Wildman–Crippen MR) is 102 cm³/mol. The lowest BCUT2D eigenvalue weighted by molar-refractivity contribution is 0.0594. The molecule has 0 saturated heterocycles. The first-order valence-corrected chi connectivity index (χ1v) is 8.81. The van der Waals surface area contributed by atoms with E-state index in [2.05, 4.69) is 26.2 Å². The number of hydrogen-bond donors (Lipinski definition) is 1. The quantitative estimate of drug-likeness (QED) is 0.594. The Kier molecular flexibility index (Phi) is 5.58. The molecule has 0 aliphatic rings. The minimum Gasteiger partial charge on any atom is -0.464 e. The highest BCUT2D eigenvalue weighted by molar-refractivity contribution is 9.10. The van der Waals surface area contributed by atoms with Gasteiger partial charge in [0.2, 0.25) is 0 Å². The van der Waals surface area contributed by atoms with E-state index in [4.69, 9.17) is 13.9 Å². The van der Waals surface area contributed by atoms with Crippen molar-refractivity contribution in [2.24, 2.45) is 0 Å². The summed E-state index contributed by atoms with van der Waals surface area (Å²) in [4.78, 5) is 16.4. The molecule has 136 valence electrons. The molecule has 0 bridgehead atoms. The molecule has 0 radical (unpaired) electrons. The number of halogens is 1. The third-order valence-electron chi connectivity index (χ3n) is 3.93. The lowest BCUT2D eigenvalue weighted by atomic mass is 10.1. The van der Waals surface area contributed by atoms with Gasteiger partial charge < -0.3 is 19.2 Å². The van der Waals surface area contributed by atoms with Crippen LogP contribution in [0.5, 0.6) is 0 Å². The maximum atomic E-state index is 12.0. The van der Waals surface area contributed by atoms with E-state index in [1.54, 1.807) is 13.2 Å². The molecule has 1 atom stereocenters. The molecule has 1 N–H and O–H groups in total. The Balaban J connectivity index is 2.08. The van der Waals surface area contributed by atoms with Crippen molar-refractivity contribution in [3.63, 3.8) is 0 Å². The van der Waals surface area contributed by atoms with Crippen molar-refractivity contribution in [1.29, 1.82) is 0 Å². The molecule has 0 saturated carbocycles. The fourth-order valence-corrected chi connectivity index (χ4v) is 3.08. The highest BCUT2D eigenvalue weighted by Crippen LogP contribution is 2.30. The Hall–Kier alpha value is -2.38. The number of carbonyl (C=O) groups is 1. The van der Waals surface area contributed by atoms with Gasteiger partial charge in [0.1, 0.15) is 17.6 Å². The molecule has 2 heterocycles.